The molecule has 0 aliphatic carbocycles. The second-order valence-electron chi connectivity index (χ2n) is 3.42. The zero-order chi connectivity index (χ0) is 11.5. The lowest BCUT2D eigenvalue weighted by atomic mass is 10.5. The maximum atomic E-state index is 4.16. The molecule has 0 saturated carbocycles. The van der Waals surface area contributed by atoms with Gasteiger partial charge in [-0.05, 0) is 0 Å². The highest BCUT2D eigenvalue weighted by Crippen LogP contribution is 2.13. The number of fused-ring (bicyclic) bond motifs is 1. The molecule has 86 valence electrons. The van der Waals surface area contributed by atoms with Gasteiger partial charge in [0.2, 0.25) is 0 Å². The molecule has 8 heteroatoms. The highest BCUT2D eigenvalue weighted by molar-refractivity contribution is 5.81. The fourth-order valence-electron chi connectivity index (χ4n) is 1.54. The van der Waals surface area contributed by atoms with Crippen LogP contribution in [0.5, 0.6) is 0 Å². The Balaban J connectivity index is 1.70. The number of imidazole rings is 1. The molecule has 17 heavy (non-hydrogen) atoms. The number of hydrogen-bond acceptors (Lipinski definition) is 6. The summed E-state index contributed by atoms with van der Waals surface area (Å²) in [5.41, 5.74) is 1.47. The van der Waals surface area contributed by atoms with Gasteiger partial charge in [0.05, 0.1) is 19.1 Å². The molecule has 3 aromatic rings. The lowest BCUT2D eigenvalue weighted by Crippen LogP contribution is -2.12. The molecule has 0 radical (unpaired) electrons. The van der Waals surface area contributed by atoms with Crippen LogP contribution in [0.3, 0.4) is 0 Å². The highest BCUT2D eigenvalue weighted by Gasteiger charge is 2.04. The van der Waals surface area contributed by atoms with Crippen molar-refractivity contribution in [3.63, 3.8) is 0 Å². The second kappa shape index (κ2) is 4.16. The lowest BCUT2D eigenvalue weighted by Gasteiger charge is -2.05. The number of H-pyrrole nitrogens is 1. The maximum absolute atomic E-state index is 4.16. The quantitative estimate of drug-likeness (QED) is 0.657. The van der Waals surface area contributed by atoms with E-state index in [0.717, 1.165) is 17.9 Å². The molecule has 0 fully saturated rings. The van der Waals surface area contributed by atoms with Crippen LogP contribution < -0.4 is 5.32 Å². The van der Waals surface area contributed by atoms with Crippen molar-refractivity contribution in [1.82, 2.24) is 34.9 Å². The average molecular weight is 230 g/mol. The smallest absolute Gasteiger partial charge is 0.182 e. The fraction of sp³-hybridized carbons (Fsp3) is 0.222. The van der Waals surface area contributed by atoms with Crippen molar-refractivity contribution in [1.29, 1.82) is 0 Å². The maximum Gasteiger partial charge on any atom is 0.182 e. The van der Waals surface area contributed by atoms with Gasteiger partial charge in [0.1, 0.15) is 11.8 Å². The predicted octanol–water partition coefficient (Wildman–Crippen LogP) is 0.0565. The van der Waals surface area contributed by atoms with E-state index in [1.807, 2.05) is 6.20 Å². The molecule has 0 aliphatic heterocycles. The van der Waals surface area contributed by atoms with Crippen molar-refractivity contribution >= 4 is 17.0 Å². The number of hydrogen-bond donors (Lipinski definition) is 2. The van der Waals surface area contributed by atoms with Gasteiger partial charge >= 0.3 is 0 Å². The van der Waals surface area contributed by atoms with Gasteiger partial charge in [-0.15, -0.1) is 5.10 Å². The summed E-state index contributed by atoms with van der Waals surface area (Å²) in [6, 6.07) is 0. The minimum atomic E-state index is 0.656. The minimum Gasteiger partial charge on any atom is -0.366 e. The van der Waals surface area contributed by atoms with Gasteiger partial charge in [0.25, 0.3) is 0 Å². The van der Waals surface area contributed by atoms with E-state index in [1.54, 1.807) is 17.2 Å². The molecule has 0 aromatic carbocycles. The predicted molar refractivity (Wildman–Crippen MR) is 60.2 cm³/mol. The summed E-state index contributed by atoms with van der Waals surface area (Å²) >= 11 is 0. The first-order valence-corrected chi connectivity index (χ1v) is 5.15. The summed E-state index contributed by atoms with van der Waals surface area (Å²) in [6.07, 6.45) is 6.55. The molecule has 2 N–H and O–H groups in total. The first-order chi connectivity index (χ1) is 8.43. The Labute approximate surface area is 96.1 Å². The Hall–Kier alpha value is -2.51. The molecule has 8 nitrogen and oxygen atoms in total. The summed E-state index contributed by atoms with van der Waals surface area (Å²) in [5, 5.41) is 10.8. The molecule has 0 unspecified atom stereocenters. The van der Waals surface area contributed by atoms with Gasteiger partial charge in [-0.2, -0.15) is 0 Å². The minimum absolute atomic E-state index is 0.656. The molecule has 0 bridgehead atoms. The van der Waals surface area contributed by atoms with E-state index in [2.05, 4.69) is 35.6 Å². The molecule has 0 saturated heterocycles. The Morgan fingerprint density at radius 1 is 1.29 bits per heavy atom. The number of rotatable bonds is 4. The van der Waals surface area contributed by atoms with Crippen LogP contribution >= 0.6 is 0 Å². The van der Waals surface area contributed by atoms with Gasteiger partial charge in [0, 0.05) is 12.7 Å². The van der Waals surface area contributed by atoms with Gasteiger partial charge in [-0.1, -0.05) is 5.21 Å². The van der Waals surface area contributed by atoms with Crippen LogP contribution in [0, 0.1) is 0 Å². The monoisotopic (exact) mass is 230 g/mol. The van der Waals surface area contributed by atoms with E-state index in [-0.39, 0.29) is 0 Å². The van der Waals surface area contributed by atoms with Crippen LogP contribution in [0.2, 0.25) is 0 Å². The molecule has 0 spiro atoms. The number of aromatic nitrogens is 7. The summed E-state index contributed by atoms with van der Waals surface area (Å²) in [5.74, 6) is 0.743. The number of nitrogens with one attached hydrogen (secondary N) is 2. The molecule has 3 aromatic heterocycles. The van der Waals surface area contributed by atoms with E-state index >= 15 is 0 Å². The van der Waals surface area contributed by atoms with E-state index in [1.165, 1.54) is 6.33 Å². The van der Waals surface area contributed by atoms with Crippen molar-refractivity contribution < 1.29 is 0 Å². The molecule has 3 heterocycles. The van der Waals surface area contributed by atoms with Crippen molar-refractivity contribution in [3.05, 3.63) is 25.0 Å². The van der Waals surface area contributed by atoms with E-state index in [9.17, 15) is 0 Å². The van der Waals surface area contributed by atoms with Crippen molar-refractivity contribution in [2.45, 2.75) is 6.54 Å². The van der Waals surface area contributed by atoms with Crippen molar-refractivity contribution in [2.75, 3.05) is 11.9 Å². The van der Waals surface area contributed by atoms with E-state index in [4.69, 9.17) is 0 Å². The molecule has 3 rings (SSSR count). The summed E-state index contributed by atoms with van der Waals surface area (Å²) < 4.78 is 1.75. The van der Waals surface area contributed by atoms with Crippen LogP contribution in [0.1, 0.15) is 0 Å². The molecule has 0 atom stereocenters. The summed E-state index contributed by atoms with van der Waals surface area (Å²) in [7, 11) is 0. The largest absolute Gasteiger partial charge is 0.366 e. The van der Waals surface area contributed by atoms with Gasteiger partial charge in [-0.25, -0.2) is 15.0 Å². The van der Waals surface area contributed by atoms with Crippen LogP contribution in [0.4, 0.5) is 5.82 Å². The number of anilines is 1. The van der Waals surface area contributed by atoms with Gasteiger partial charge < -0.3 is 10.3 Å². The second-order valence-corrected chi connectivity index (χ2v) is 3.42. The Bertz CT molecular complexity index is 598. The summed E-state index contributed by atoms with van der Waals surface area (Å²) in [6.45, 7) is 1.42. The third-order valence-corrected chi connectivity index (χ3v) is 2.33. The van der Waals surface area contributed by atoms with Crippen LogP contribution in [-0.2, 0) is 6.54 Å². The standard InChI is InChI=1S/C9H10N8/c1(3-17-4-2-15-16-17)10-8-7-9(12-5-11-7)14-6-13-8/h2,4-6H,1,3H2,(H2,10,11,12,13,14). The lowest BCUT2D eigenvalue weighted by molar-refractivity contribution is 0.608. The average Bonchev–Trinajstić information content (AvgIpc) is 2.99. The van der Waals surface area contributed by atoms with Crippen LogP contribution in [-0.4, -0.2) is 41.5 Å². The zero-order valence-electron chi connectivity index (χ0n) is 8.91. The van der Waals surface area contributed by atoms with Crippen molar-refractivity contribution in [3.8, 4) is 0 Å². The third kappa shape index (κ3) is 1.92. The summed E-state index contributed by atoms with van der Waals surface area (Å²) in [4.78, 5) is 15.3. The molecule has 0 aliphatic rings. The van der Waals surface area contributed by atoms with Gasteiger partial charge in [-0.3, -0.25) is 4.68 Å². The first-order valence-electron chi connectivity index (χ1n) is 5.15. The Kier molecular flexibility index (Phi) is 2.37. The van der Waals surface area contributed by atoms with Crippen molar-refractivity contribution in [2.24, 2.45) is 0 Å². The first kappa shape index (κ1) is 9.70. The Morgan fingerprint density at radius 2 is 2.29 bits per heavy atom. The number of nitrogens with zero attached hydrogens (tertiary/aromatic N) is 6. The van der Waals surface area contributed by atoms with E-state index in [0.29, 0.717) is 12.2 Å². The SMILES string of the molecule is c1cn(CCNc2ncnc3nc[nH]c23)nn1. The normalized spacial score (nSPS) is 10.8. The highest BCUT2D eigenvalue weighted by atomic mass is 15.4. The van der Waals surface area contributed by atoms with Gasteiger partial charge in [0.15, 0.2) is 11.5 Å². The zero-order valence-corrected chi connectivity index (χ0v) is 8.91. The molecular weight excluding hydrogens is 220 g/mol. The topological polar surface area (TPSA) is 97.2 Å². The van der Waals surface area contributed by atoms with Crippen LogP contribution in [0.25, 0.3) is 11.2 Å². The Morgan fingerprint density at radius 3 is 3.18 bits per heavy atom. The fourth-order valence-corrected chi connectivity index (χ4v) is 1.54. The molecule has 0 amide bonds. The van der Waals surface area contributed by atoms with Crippen LogP contribution in [0.15, 0.2) is 25.0 Å². The number of aromatic amines is 1. The van der Waals surface area contributed by atoms with E-state index < -0.39 is 0 Å². The molecular formula is C9H10N8. The third-order valence-electron chi connectivity index (χ3n) is 2.33.